The second-order valence-corrected chi connectivity index (χ2v) is 5.12. The molecule has 0 saturated carbocycles. The molecule has 106 valence electrons. The zero-order valence-corrected chi connectivity index (χ0v) is 11.2. The summed E-state index contributed by atoms with van der Waals surface area (Å²) < 4.78 is 21.0. The molecule has 0 aliphatic carbocycles. The third-order valence-electron chi connectivity index (χ3n) is 3.72. The van der Waals surface area contributed by atoms with E-state index in [1.807, 2.05) is 6.92 Å². The van der Waals surface area contributed by atoms with E-state index >= 15 is 0 Å². The third-order valence-corrected chi connectivity index (χ3v) is 3.72. The van der Waals surface area contributed by atoms with Crippen LogP contribution in [0.25, 0.3) is 0 Å². The Morgan fingerprint density at radius 3 is 2.84 bits per heavy atom. The number of ether oxygens (including phenoxy) is 1. The normalized spacial score (nSPS) is 32.0. The summed E-state index contributed by atoms with van der Waals surface area (Å²) >= 11 is 0. The largest absolute Gasteiger partial charge is 0.366 e. The van der Waals surface area contributed by atoms with E-state index in [0.717, 1.165) is 0 Å². The molecule has 4 atom stereocenters. The molecular weight excluding hydrogens is 253 g/mol. The van der Waals surface area contributed by atoms with Crippen LogP contribution in [-0.4, -0.2) is 27.0 Å². The number of nitrogens with zero attached hydrogens (tertiary/aromatic N) is 3. The molecule has 19 heavy (non-hydrogen) atoms. The van der Waals surface area contributed by atoms with Gasteiger partial charge in [0.25, 0.3) is 0 Å². The number of aryl methyl sites for hydroxylation is 1. The van der Waals surface area contributed by atoms with Crippen LogP contribution in [0.4, 0.5) is 10.1 Å². The Morgan fingerprint density at radius 2 is 2.21 bits per heavy atom. The van der Waals surface area contributed by atoms with E-state index in [1.54, 1.807) is 14.0 Å². The van der Waals surface area contributed by atoms with Gasteiger partial charge >= 0.3 is 5.69 Å². The maximum Gasteiger partial charge on any atom is 0.312 e. The zero-order chi connectivity index (χ0) is 14.2. The monoisotopic (exact) mass is 271 g/mol. The highest BCUT2D eigenvalue weighted by Crippen LogP contribution is 2.37. The van der Waals surface area contributed by atoms with Crippen LogP contribution < -0.4 is 0 Å². The quantitative estimate of drug-likeness (QED) is 0.612. The number of nitro groups is 1. The summed E-state index contributed by atoms with van der Waals surface area (Å²) in [5, 5.41) is 14.9. The Bertz CT molecular complexity index is 477. The SMILES string of the molecule is C[C@@H]1CC[C@@H](c2c([N+](=O)[O-])cnn2C)O[C@@H](C)[C@H]1F. The highest BCUT2D eigenvalue weighted by molar-refractivity contribution is 5.34. The third kappa shape index (κ3) is 2.60. The average Bonchev–Trinajstić information content (AvgIpc) is 2.69. The standard InChI is InChI=1S/C12H18FN3O3/c1-7-4-5-10(19-8(2)11(7)13)12-9(16(17)18)6-14-15(12)3/h6-8,10-11H,4-5H2,1-3H3/t7-,8+,10+,11+/m1/s1. The van der Waals surface area contributed by atoms with Crippen molar-refractivity contribution in [3.63, 3.8) is 0 Å². The molecule has 2 rings (SSSR count). The lowest BCUT2D eigenvalue weighted by Crippen LogP contribution is -2.26. The molecule has 1 aromatic rings. The van der Waals surface area contributed by atoms with Crippen LogP contribution in [-0.2, 0) is 11.8 Å². The van der Waals surface area contributed by atoms with Crippen LogP contribution in [0.15, 0.2) is 6.20 Å². The van der Waals surface area contributed by atoms with E-state index < -0.39 is 23.3 Å². The van der Waals surface area contributed by atoms with Crippen LogP contribution in [0, 0.1) is 16.0 Å². The van der Waals surface area contributed by atoms with Crippen molar-refractivity contribution in [1.82, 2.24) is 9.78 Å². The van der Waals surface area contributed by atoms with Crippen molar-refractivity contribution in [2.75, 3.05) is 0 Å². The molecule has 1 aromatic heterocycles. The zero-order valence-electron chi connectivity index (χ0n) is 11.2. The summed E-state index contributed by atoms with van der Waals surface area (Å²) in [5.74, 6) is -0.104. The first-order valence-corrected chi connectivity index (χ1v) is 6.37. The topological polar surface area (TPSA) is 70.2 Å². The van der Waals surface area contributed by atoms with Gasteiger partial charge in [-0.1, -0.05) is 6.92 Å². The van der Waals surface area contributed by atoms with Gasteiger partial charge in [0.05, 0.1) is 11.0 Å². The highest BCUT2D eigenvalue weighted by Gasteiger charge is 2.35. The fourth-order valence-corrected chi connectivity index (χ4v) is 2.59. The van der Waals surface area contributed by atoms with Crippen LogP contribution in [0.5, 0.6) is 0 Å². The van der Waals surface area contributed by atoms with Crippen LogP contribution in [0.1, 0.15) is 38.5 Å². The molecule has 2 heterocycles. The van der Waals surface area contributed by atoms with Gasteiger partial charge in [0.1, 0.15) is 24.2 Å². The first kappa shape index (κ1) is 13.9. The van der Waals surface area contributed by atoms with Crippen LogP contribution in [0.2, 0.25) is 0 Å². The van der Waals surface area contributed by atoms with E-state index in [4.69, 9.17) is 4.74 Å². The first-order valence-electron chi connectivity index (χ1n) is 6.37. The summed E-state index contributed by atoms with van der Waals surface area (Å²) in [7, 11) is 1.64. The summed E-state index contributed by atoms with van der Waals surface area (Å²) in [6, 6.07) is 0. The molecular formula is C12H18FN3O3. The van der Waals surface area contributed by atoms with Gasteiger partial charge < -0.3 is 4.74 Å². The fourth-order valence-electron chi connectivity index (χ4n) is 2.59. The van der Waals surface area contributed by atoms with Gasteiger partial charge in [-0.15, -0.1) is 0 Å². The predicted octanol–water partition coefficient (Wildman–Crippen LogP) is 2.54. The number of aromatic nitrogens is 2. The van der Waals surface area contributed by atoms with Gasteiger partial charge in [-0.05, 0) is 25.7 Å². The second kappa shape index (κ2) is 5.24. The molecule has 0 bridgehead atoms. The van der Waals surface area contributed by atoms with Crippen molar-refractivity contribution in [2.24, 2.45) is 13.0 Å². The van der Waals surface area contributed by atoms with E-state index in [9.17, 15) is 14.5 Å². The Morgan fingerprint density at radius 1 is 1.53 bits per heavy atom. The molecule has 0 aromatic carbocycles. The van der Waals surface area contributed by atoms with Crippen LogP contribution in [0.3, 0.4) is 0 Å². The Labute approximate surface area is 110 Å². The summed E-state index contributed by atoms with van der Waals surface area (Å²) in [5.41, 5.74) is 0.350. The van der Waals surface area contributed by atoms with Gasteiger partial charge in [0.2, 0.25) is 0 Å². The second-order valence-electron chi connectivity index (χ2n) is 5.12. The molecule has 0 unspecified atom stereocenters. The molecule has 1 aliphatic heterocycles. The summed E-state index contributed by atoms with van der Waals surface area (Å²) in [6.07, 6.45) is 0.315. The molecule has 1 aliphatic rings. The van der Waals surface area contributed by atoms with Crippen LogP contribution >= 0.6 is 0 Å². The van der Waals surface area contributed by atoms with Crippen molar-refractivity contribution in [3.05, 3.63) is 22.0 Å². The Hall–Kier alpha value is -1.50. The lowest BCUT2D eigenvalue weighted by atomic mass is 9.97. The van der Waals surface area contributed by atoms with Gasteiger partial charge in [0.15, 0.2) is 0 Å². The van der Waals surface area contributed by atoms with Gasteiger partial charge in [-0.3, -0.25) is 14.8 Å². The molecule has 0 amide bonds. The Balaban J connectivity index is 2.31. The van der Waals surface area contributed by atoms with Crippen molar-refractivity contribution in [1.29, 1.82) is 0 Å². The number of halogens is 1. The molecule has 0 spiro atoms. The lowest BCUT2D eigenvalue weighted by Gasteiger charge is -2.21. The van der Waals surface area contributed by atoms with E-state index in [1.165, 1.54) is 10.9 Å². The minimum absolute atomic E-state index is 0.0651. The van der Waals surface area contributed by atoms with Crippen molar-refractivity contribution >= 4 is 5.69 Å². The van der Waals surface area contributed by atoms with Crippen molar-refractivity contribution in [3.8, 4) is 0 Å². The van der Waals surface area contributed by atoms with E-state index in [0.29, 0.717) is 18.5 Å². The predicted molar refractivity (Wildman–Crippen MR) is 66.4 cm³/mol. The molecule has 0 N–H and O–H groups in total. The van der Waals surface area contributed by atoms with Gasteiger partial charge in [0, 0.05) is 7.05 Å². The lowest BCUT2D eigenvalue weighted by molar-refractivity contribution is -0.386. The maximum absolute atomic E-state index is 13.9. The van der Waals surface area contributed by atoms with Crippen molar-refractivity contribution in [2.45, 2.75) is 45.1 Å². The fraction of sp³-hybridized carbons (Fsp3) is 0.750. The molecule has 0 radical (unpaired) electrons. The minimum atomic E-state index is -1.04. The first-order chi connectivity index (χ1) is 8.91. The smallest absolute Gasteiger partial charge is 0.312 e. The number of hydrogen-bond acceptors (Lipinski definition) is 4. The summed E-state index contributed by atoms with van der Waals surface area (Å²) in [6.45, 7) is 3.51. The maximum atomic E-state index is 13.9. The summed E-state index contributed by atoms with van der Waals surface area (Å²) in [4.78, 5) is 10.5. The molecule has 7 heteroatoms. The minimum Gasteiger partial charge on any atom is -0.366 e. The average molecular weight is 271 g/mol. The number of alkyl halides is 1. The van der Waals surface area contributed by atoms with E-state index in [-0.39, 0.29) is 11.6 Å². The molecule has 6 nitrogen and oxygen atoms in total. The van der Waals surface area contributed by atoms with E-state index in [2.05, 4.69) is 5.10 Å². The number of hydrogen-bond donors (Lipinski definition) is 0. The Kier molecular flexibility index (Phi) is 3.84. The highest BCUT2D eigenvalue weighted by atomic mass is 19.1. The van der Waals surface area contributed by atoms with Gasteiger partial charge in [-0.25, -0.2) is 4.39 Å². The van der Waals surface area contributed by atoms with Gasteiger partial charge in [-0.2, -0.15) is 5.10 Å². The van der Waals surface area contributed by atoms with Crippen molar-refractivity contribution < 1.29 is 14.1 Å². The number of rotatable bonds is 2. The molecule has 1 fully saturated rings. The molecule has 1 saturated heterocycles.